The lowest BCUT2D eigenvalue weighted by molar-refractivity contribution is -0.135. The standard InChI is InChI=1S/C16H17N5O2/c1-10(22)23-8-11-2-4-12(5-3-11)14-15-13-6-7-17-16(13)18-9-21(15)20-19-14/h6-9,12,17H,2-5H2,1H3. The number of rotatable bonds is 2. The fourth-order valence-electron chi connectivity index (χ4n) is 3.24. The molecule has 3 aromatic heterocycles. The van der Waals surface area contributed by atoms with E-state index in [9.17, 15) is 4.79 Å². The second-order valence-corrected chi connectivity index (χ2v) is 5.91. The van der Waals surface area contributed by atoms with Crippen molar-refractivity contribution in [2.24, 2.45) is 0 Å². The Morgan fingerprint density at radius 2 is 2.26 bits per heavy atom. The van der Waals surface area contributed by atoms with Crippen molar-refractivity contribution >= 4 is 22.5 Å². The molecule has 7 nitrogen and oxygen atoms in total. The topological polar surface area (TPSA) is 85.2 Å². The van der Waals surface area contributed by atoms with Crippen LogP contribution in [0.2, 0.25) is 0 Å². The number of hydrogen-bond acceptors (Lipinski definition) is 5. The summed E-state index contributed by atoms with van der Waals surface area (Å²) < 4.78 is 6.73. The maximum absolute atomic E-state index is 10.9. The maximum atomic E-state index is 10.9. The van der Waals surface area contributed by atoms with E-state index >= 15 is 0 Å². The van der Waals surface area contributed by atoms with Crippen molar-refractivity contribution in [1.29, 1.82) is 0 Å². The Morgan fingerprint density at radius 3 is 3.04 bits per heavy atom. The van der Waals surface area contributed by atoms with E-state index in [0.717, 1.165) is 47.9 Å². The van der Waals surface area contributed by atoms with Crippen LogP contribution in [0, 0.1) is 0 Å². The molecule has 4 rings (SSSR count). The fraction of sp³-hybridized carbons (Fsp3) is 0.375. The highest BCUT2D eigenvalue weighted by molar-refractivity contribution is 5.92. The molecule has 0 amide bonds. The van der Waals surface area contributed by atoms with Gasteiger partial charge in [0.15, 0.2) is 0 Å². The minimum absolute atomic E-state index is 0.272. The van der Waals surface area contributed by atoms with Gasteiger partial charge in [0.1, 0.15) is 17.5 Å². The highest BCUT2D eigenvalue weighted by atomic mass is 16.5. The molecule has 118 valence electrons. The minimum atomic E-state index is -0.272. The van der Waals surface area contributed by atoms with Gasteiger partial charge in [-0.3, -0.25) is 4.79 Å². The van der Waals surface area contributed by atoms with Crippen LogP contribution in [0.4, 0.5) is 0 Å². The molecule has 3 aromatic rings. The highest BCUT2D eigenvalue weighted by Gasteiger charge is 2.24. The van der Waals surface area contributed by atoms with Gasteiger partial charge in [-0.15, -0.1) is 5.10 Å². The lowest BCUT2D eigenvalue weighted by Crippen LogP contribution is -2.08. The molecule has 0 aliphatic heterocycles. The third-order valence-electron chi connectivity index (χ3n) is 4.40. The Bertz CT molecular complexity index is 898. The second kappa shape index (κ2) is 5.49. The summed E-state index contributed by atoms with van der Waals surface area (Å²) in [7, 11) is 0. The summed E-state index contributed by atoms with van der Waals surface area (Å²) in [4.78, 5) is 18.3. The number of aromatic amines is 1. The van der Waals surface area contributed by atoms with Crippen LogP contribution in [-0.2, 0) is 9.53 Å². The molecule has 1 saturated carbocycles. The molecule has 0 saturated heterocycles. The van der Waals surface area contributed by atoms with Gasteiger partial charge in [0.25, 0.3) is 0 Å². The molecule has 1 aliphatic carbocycles. The van der Waals surface area contributed by atoms with Crippen LogP contribution in [0.1, 0.15) is 44.2 Å². The number of nitrogens with one attached hydrogen (secondary N) is 1. The first kappa shape index (κ1) is 13.9. The van der Waals surface area contributed by atoms with Crippen LogP contribution in [0.15, 0.2) is 30.4 Å². The Kier molecular flexibility index (Phi) is 3.33. The van der Waals surface area contributed by atoms with E-state index in [4.69, 9.17) is 4.74 Å². The van der Waals surface area contributed by atoms with Gasteiger partial charge < -0.3 is 9.72 Å². The Balaban J connectivity index is 1.62. The molecule has 0 spiro atoms. The van der Waals surface area contributed by atoms with Gasteiger partial charge in [-0.2, -0.15) is 0 Å². The third kappa shape index (κ3) is 2.48. The number of aromatic nitrogens is 5. The summed E-state index contributed by atoms with van der Waals surface area (Å²) in [5, 5.41) is 9.66. The predicted octanol–water partition coefficient (Wildman–Crippen LogP) is 2.71. The molecule has 0 bridgehead atoms. The number of carbonyl (C=O) groups excluding carboxylic acids is 1. The third-order valence-corrected chi connectivity index (χ3v) is 4.40. The zero-order chi connectivity index (χ0) is 15.8. The molecular weight excluding hydrogens is 294 g/mol. The number of fused-ring (bicyclic) bond motifs is 3. The van der Waals surface area contributed by atoms with Crippen molar-refractivity contribution in [2.75, 3.05) is 0 Å². The van der Waals surface area contributed by atoms with Crippen LogP contribution in [-0.4, -0.2) is 30.8 Å². The molecule has 0 atom stereocenters. The number of nitrogens with zero attached hydrogens (tertiary/aromatic N) is 4. The van der Waals surface area contributed by atoms with Crippen molar-refractivity contribution < 1.29 is 9.53 Å². The highest BCUT2D eigenvalue weighted by Crippen LogP contribution is 2.37. The molecule has 1 aliphatic rings. The molecule has 0 aromatic carbocycles. The van der Waals surface area contributed by atoms with Crippen LogP contribution < -0.4 is 0 Å². The largest absolute Gasteiger partial charge is 0.435 e. The summed E-state index contributed by atoms with van der Waals surface area (Å²) in [6, 6.07) is 2.01. The van der Waals surface area contributed by atoms with Gasteiger partial charge >= 0.3 is 5.97 Å². The number of allylic oxidation sites excluding steroid dienone is 1. The smallest absolute Gasteiger partial charge is 0.307 e. The Morgan fingerprint density at radius 1 is 1.43 bits per heavy atom. The molecule has 1 N–H and O–H groups in total. The number of hydrogen-bond donors (Lipinski definition) is 1. The quantitative estimate of drug-likeness (QED) is 0.581. The van der Waals surface area contributed by atoms with E-state index < -0.39 is 0 Å². The SMILES string of the molecule is CC(=O)OC=C1CCC(c2nnn3cnc4[nH]ccc4c23)CC1. The summed E-state index contributed by atoms with van der Waals surface area (Å²) in [6.07, 6.45) is 8.98. The minimum Gasteiger partial charge on any atom is -0.435 e. The van der Waals surface area contributed by atoms with Crippen LogP contribution in [0.5, 0.6) is 0 Å². The Hall–Kier alpha value is -2.70. The number of esters is 1. The number of H-pyrrole nitrogens is 1. The zero-order valence-corrected chi connectivity index (χ0v) is 12.8. The Labute approximate surface area is 132 Å². The van der Waals surface area contributed by atoms with Crippen molar-refractivity contribution in [3.8, 4) is 0 Å². The van der Waals surface area contributed by atoms with Gasteiger partial charge in [-0.1, -0.05) is 5.21 Å². The second-order valence-electron chi connectivity index (χ2n) is 5.91. The molecule has 0 radical (unpaired) electrons. The van der Waals surface area contributed by atoms with Gasteiger partial charge in [-0.05, 0) is 37.3 Å². The monoisotopic (exact) mass is 311 g/mol. The molecule has 7 heteroatoms. The summed E-state index contributed by atoms with van der Waals surface area (Å²) in [5.74, 6) is 0.0914. The van der Waals surface area contributed by atoms with E-state index in [-0.39, 0.29) is 5.97 Å². The molecular formula is C16H17N5O2. The zero-order valence-electron chi connectivity index (χ0n) is 12.8. The van der Waals surface area contributed by atoms with E-state index in [0.29, 0.717) is 5.92 Å². The summed E-state index contributed by atoms with van der Waals surface area (Å²) >= 11 is 0. The fourth-order valence-corrected chi connectivity index (χ4v) is 3.24. The normalized spacial score (nSPS) is 18.5. The van der Waals surface area contributed by atoms with E-state index in [1.807, 2.05) is 12.3 Å². The van der Waals surface area contributed by atoms with Gasteiger partial charge in [0, 0.05) is 24.4 Å². The first-order valence-electron chi connectivity index (χ1n) is 7.74. The lowest BCUT2D eigenvalue weighted by Gasteiger charge is -2.22. The number of ether oxygens (including phenoxy) is 1. The lowest BCUT2D eigenvalue weighted by atomic mass is 9.84. The van der Waals surface area contributed by atoms with Crippen LogP contribution >= 0.6 is 0 Å². The predicted molar refractivity (Wildman–Crippen MR) is 83.7 cm³/mol. The summed E-state index contributed by atoms with van der Waals surface area (Å²) in [5.41, 5.74) is 4.10. The average molecular weight is 311 g/mol. The van der Waals surface area contributed by atoms with Crippen molar-refractivity contribution in [3.63, 3.8) is 0 Å². The van der Waals surface area contributed by atoms with Crippen molar-refractivity contribution in [1.82, 2.24) is 24.8 Å². The van der Waals surface area contributed by atoms with E-state index in [1.54, 1.807) is 17.1 Å². The van der Waals surface area contributed by atoms with Crippen molar-refractivity contribution in [3.05, 3.63) is 36.1 Å². The first-order chi connectivity index (χ1) is 11.2. The van der Waals surface area contributed by atoms with Crippen LogP contribution in [0.25, 0.3) is 16.6 Å². The van der Waals surface area contributed by atoms with Crippen molar-refractivity contribution in [2.45, 2.75) is 38.5 Å². The van der Waals surface area contributed by atoms with E-state index in [2.05, 4.69) is 20.3 Å². The molecule has 0 unspecified atom stereocenters. The first-order valence-corrected chi connectivity index (χ1v) is 7.74. The maximum Gasteiger partial charge on any atom is 0.307 e. The van der Waals surface area contributed by atoms with Gasteiger partial charge in [0.2, 0.25) is 0 Å². The number of carbonyl (C=O) groups is 1. The molecule has 23 heavy (non-hydrogen) atoms. The van der Waals surface area contributed by atoms with E-state index in [1.165, 1.54) is 12.5 Å². The average Bonchev–Trinajstić information content (AvgIpc) is 3.19. The van der Waals surface area contributed by atoms with Crippen LogP contribution in [0.3, 0.4) is 0 Å². The van der Waals surface area contributed by atoms with Gasteiger partial charge in [0.05, 0.1) is 12.0 Å². The summed E-state index contributed by atoms with van der Waals surface area (Å²) in [6.45, 7) is 1.42. The molecule has 3 heterocycles. The van der Waals surface area contributed by atoms with Gasteiger partial charge in [-0.25, -0.2) is 9.50 Å². The molecule has 1 fully saturated rings.